The van der Waals surface area contributed by atoms with Crippen LogP contribution in [0.15, 0.2) is 24.3 Å². The molecule has 2 N–H and O–H groups in total. The Hall–Kier alpha value is -1.63. The Morgan fingerprint density at radius 3 is 2.29 bits per heavy atom. The molecule has 0 saturated carbocycles. The molecule has 0 fully saturated rings. The highest BCUT2D eigenvalue weighted by atomic mass is 16.5. The summed E-state index contributed by atoms with van der Waals surface area (Å²) in [5.41, 5.74) is 1.08. The second-order valence-electron chi connectivity index (χ2n) is 5.43. The van der Waals surface area contributed by atoms with E-state index in [0.29, 0.717) is 46.1 Å². The molecular formula is C18H30N2O4. The highest BCUT2D eigenvalue weighted by Crippen LogP contribution is 2.15. The molecule has 0 heterocycles. The SMILES string of the molecule is CNc1ccc(OCCCCOCCOCCNCC(C)=O)cc1. The molecule has 0 aliphatic carbocycles. The molecule has 0 atom stereocenters. The number of rotatable bonds is 15. The van der Waals surface area contributed by atoms with Gasteiger partial charge in [0.05, 0.1) is 33.0 Å². The van der Waals surface area contributed by atoms with Gasteiger partial charge in [0.1, 0.15) is 11.5 Å². The van der Waals surface area contributed by atoms with Crippen molar-refractivity contribution in [1.82, 2.24) is 5.32 Å². The lowest BCUT2D eigenvalue weighted by Crippen LogP contribution is -2.25. The number of benzene rings is 1. The van der Waals surface area contributed by atoms with Gasteiger partial charge in [-0.05, 0) is 44.0 Å². The number of carbonyl (C=O) groups is 1. The summed E-state index contributed by atoms with van der Waals surface area (Å²) in [6, 6.07) is 7.91. The van der Waals surface area contributed by atoms with Crippen LogP contribution in [0.5, 0.6) is 5.75 Å². The Kier molecular flexibility index (Phi) is 11.7. The Bertz CT molecular complexity index is 437. The van der Waals surface area contributed by atoms with E-state index in [9.17, 15) is 4.79 Å². The van der Waals surface area contributed by atoms with Crippen LogP contribution in [0.2, 0.25) is 0 Å². The number of nitrogens with one attached hydrogen (secondary N) is 2. The zero-order valence-electron chi connectivity index (χ0n) is 14.8. The largest absolute Gasteiger partial charge is 0.494 e. The van der Waals surface area contributed by atoms with E-state index in [1.54, 1.807) is 6.92 Å². The predicted octanol–water partition coefficient (Wildman–Crippen LogP) is 2.10. The van der Waals surface area contributed by atoms with Gasteiger partial charge >= 0.3 is 0 Å². The Labute approximate surface area is 144 Å². The summed E-state index contributed by atoms with van der Waals surface area (Å²) in [7, 11) is 1.90. The van der Waals surface area contributed by atoms with Crippen molar-refractivity contribution in [2.75, 3.05) is 58.5 Å². The molecule has 0 spiro atoms. The normalized spacial score (nSPS) is 10.6. The molecule has 0 aromatic heterocycles. The number of Topliss-reactive ketones (excluding diaryl/α,β-unsaturated/α-hetero) is 1. The average molecular weight is 338 g/mol. The van der Waals surface area contributed by atoms with Crippen LogP contribution in [0, 0.1) is 0 Å². The fraction of sp³-hybridized carbons (Fsp3) is 0.611. The zero-order valence-corrected chi connectivity index (χ0v) is 14.8. The van der Waals surface area contributed by atoms with E-state index in [1.165, 1.54) is 0 Å². The lowest BCUT2D eigenvalue weighted by molar-refractivity contribution is -0.116. The average Bonchev–Trinajstić information content (AvgIpc) is 2.59. The molecule has 0 bridgehead atoms. The summed E-state index contributed by atoms with van der Waals surface area (Å²) in [6.45, 7) is 5.83. The third kappa shape index (κ3) is 11.0. The molecule has 0 aliphatic heterocycles. The van der Waals surface area contributed by atoms with Crippen molar-refractivity contribution in [2.45, 2.75) is 19.8 Å². The molecule has 6 nitrogen and oxygen atoms in total. The summed E-state index contributed by atoms with van der Waals surface area (Å²) in [4.78, 5) is 10.7. The van der Waals surface area contributed by atoms with Crippen molar-refractivity contribution in [3.8, 4) is 5.75 Å². The van der Waals surface area contributed by atoms with Crippen LogP contribution in [-0.4, -0.2) is 59.0 Å². The first-order valence-corrected chi connectivity index (χ1v) is 8.48. The molecule has 6 heteroatoms. The van der Waals surface area contributed by atoms with Gasteiger partial charge in [-0.2, -0.15) is 0 Å². The van der Waals surface area contributed by atoms with E-state index in [0.717, 1.165) is 24.3 Å². The minimum atomic E-state index is 0.136. The van der Waals surface area contributed by atoms with Crippen molar-refractivity contribution in [3.05, 3.63) is 24.3 Å². The van der Waals surface area contributed by atoms with Crippen molar-refractivity contribution < 1.29 is 19.0 Å². The van der Waals surface area contributed by atoms with E-state index in [1.807, 2.05) is 31.3 Å². The summed E-state index contributed by atoms with van der Waals surface area (Å²) in [6.07, 6.45) is 1.93. The van der Waals surface area contributed by atoms with E-state index in [-0.39, 0.29) is 5.78 Å². The second-order valence-corrected chi connectivity index (χ2v) is 5.43. The molecule has 0 saturated heterocycles. The summed E-state index contributed by atoms with van der Waals surface area (Å²) in [5, 5.41) is 6.07. The summed E-state index contributed by atoms with van der Waals surface area (Å²) < 4.78 is 16.6. The molecular weight excluding hydrogens is 308 g/mol. The predicted molar refractivity (Wildman–Crippen MR) is 95.9 cm³/mol. The molecule has 136 valence electrons. The van der Waals surface area contributed by atoms with E-state index >= 15 is 0 Å². The summed E-state index contributed by atoms with van der Waals surface area (Å²) in [5.74, 6) is 1.03. The van der Waals surface area contributed by atoms with Crippen LogP contribution in [0.1, 0.15) is 19.8 Å². The van der Waals surface area contributed by atoms with Gasteiger partial charge in [0.2, 0.25) is 0 Å². The minimum Gasteiger partial charge on any atom is -0.494 e. The summed E-state index contributed by atoms with van der Waals surface area (Å²) >= 11 is 0. The van der Waals surface area contributed by atoms with Gasteiger partial charge < -0.3 is 24.8 Å². The highest BCUT2D eigenvalue weighted by molar-refractivity contribution is 5.77. The van der Waals surface area contributed by atoms with Crippen LogP contribution in [0.25, 0.3) is 0 Å². The van der Waals surface area contributed by atoms with Crippen LogP contribution in [-0.2, 0) is 14.3 Å². The first kappa shape index (κ1) is 20.4. The van der Waals surface area contributed by atoms with Crippen molar-refractivity contribution in [2.24, 2.45) is 0 Å². The van der Waals surface area contributed by atoms with Crippen molar-refractivity contribution in [1.29, 1.82) is 0 Å². The fourth-order valence-electron chi connectivity index (χ4n) is 1.94. The fourth-order valence-corrected chi connectivity index (χ4v) is 1.94. The number of ether oxygens (including phenoxy) is 3. The van der Waals surface area contributed by atoms with E-state index in [2.05, 4.69) is 10.6 Å². The quantitative estimate of drug-likeness (QED) is 0.477. The van der Waals surface area contributed by atoms with Gasteiger partial charge in [-0.25, -0.2) is 0 Å². The number of hydrogen-bond acceptors (Lipinski definition) is 6. The number of hydrogen-bond donors (Lipinski definition) is 2. The lowest BCUT2D eigenvalue weighted by atomic mass is 10.3. The number of carbonyl (C=O) groups excluding carboxylic acids is 1. The topological polar surface area (TPSA) is 68.8 Å². The van der Waals surface area contributed by atoms with Gasteiger partial charge in [0, 0.05) is 25.9 Å². The number of ketones is 1. The third-order valence-electron chi connectivity index (χ3n) is 3.26. The maximum atomic E-state index is 10.7. The zero-order chi connectivity index (χ0) is 17.5. The van der Waals surface area contributed by atoms with Crippen LogP contribution in [0.4, 0.5) is 5.69 Å². The highest BCUT2D eigenvalue weighted by Gasteiger charge is 1.96. The minimum absolute atomic E-state index is 0.136. The standard InChI is InChI=1S/C18H30N2O4/c1-16(21)15-20-9-12-23-14-13-22-10-3-4-11-24-18-7-5-17(19-2)6-8-18/h5-8,19-20H,3-4,9-15H2,1-2H3. The first-order chi connectivity index (χ1) is 11.7. The maximum Gasteiger partial charge on any atom is 0.143 e. The number of unbranched alkanes of at least 4 members (excludes halogenated alkanes) is 1. The molecule has 0 amide bonds. The Morgan fingerprint density at radius 1 is 0.958 bits per heavy atom. The van der Waals surface area contributed by atoms with Gasteiger partial charge in [0.25, 0.3) is 0 Å². The van der Waals surface area contributed by atoms with Crippen LogP contribution < -0.4 is 15.4 Å². The molecule has 1 rings (SSSR count). The molecule has 24 heavy (non-hydrogen) atoms. The van der Waals surface area contributed by atoms with Gasteiger partial charge in [-0.3, -0.25) is 4.79 Å². The van der Waals surface area contributed by atoms with E-state index in [4.69, 9.17) is 14.2 Å². The Morgan fingerprint density at radius 2 is 1.62 bits per heavy atom. The van der Waals surface area contributed by atoms with Crippen molar-refractivity contribution in [3.63, 3.8) is 0 Å². The lowest BCUT2D eigenvalue weighted by Gasteiger charge is -2.08. The molecule has 0 unspecified atom stereocenters. The van der Waals surface area contributed by atoms with Crippen LogP contribution in [0.3, 0.4) is 0 Å². The van der Waals surface area contributed by atoms with Crippen LogP contribution >= 0.6 is 0 Å². The van der Waals surface area contributed by atoms with E-state index < -0.39 is 0 Å². The second kappa shape index (κ2) is 13.8. The first-order valence-electron chi connectivity index (χ1n) is 8.48. The maximum absolute atomic E-state index is 10.7. The number of anilines is 1. The molecule has 0 radical (unpaired) electrons. The molecule has 1 aromatic rings. The third-order valence-corrected chi connectivity index (χ3v) is 3.26. The van der Waals surface area contributed by atoms with Gasteiger partial charge in [-0.15, -0.1) is 0 Å². The van der Waals surface area contributed by atoms with Gasteiger partial charge in [-0.1, -0.05) is 0 Å². The van der Waals surface area contributed by atoms with Gasteiger partial charge in [0.15, 0.2) is 0 Å². The Balaban J connectivity index is 1.82. The molecule has 1 aromatic carbocycles. The molecule has 0 aliphatic rings. The smallest absolute Gasteiger partial charge is 0.143 e. The monoisotopic (exact) mass is 338 g/mol. The van der Waals surface area contributed by atoms with Crippen molar-refractivity contribution >= 4 is 11.5 Å².